The van der Waals surface area contributed by atoms with Crippen LogP contribution in [0.1, 0.15) is 13.3 Å². The molecule has 0 bridgehead atoms. The first-order valence-electron chi connectivity index (χ1n) is 9.14. The summed E-state index contributed by atoms with van der Waals surface area (Å²) in [6.45, 7) is 1.38. The number of ether oxygens (including phenoxy) is 1. The standard InChI is InChI=1S/C20H20N4O6S/c1-13(19(26)22-14-7-9-16(10-8-14)31(21,28)29)30-20(27)17-11-12-18(25)24(23-17)15-5-3-2-4-6-15/h2-11,13,23H,12H2,1H3,(H,22,26)(H2,21,28,29)/t13-/m0/s1. The zero-order valence-electron chi connectivity index (χ0n) is 16.4. The highest BCUT2D eigenvalue weighted by atomic mass is 32.2. The zero-order chi connectivity index (χ0) is 22.6. The number of primary sulfonamides is 1. The number of nitrogens with one attached hydrogen (secondary N) is 2. The van der Waals surface area contributed by atoms with Gasteiger partial charge in [0.05, 0.1) is 10.6 Å². The summed E-state index contributed by atoms with van der Waals surface area (Å²) < 4.78 is 27.7. The second-order valence-corrected chi connectivity index (χ2v) is 8.17. The number of nitrogens with two attached hydrogens (primary N) is 1. The van der Waals surface area contributed by atoms with Crippen molar-refractivity contribution in [2.75, 3.05) is 10.3 Å². The summed E-state index contributed by atoms with van der Waals surface area (Å²) in [5.74, 6) is -1.68. The third-order valence-electron chi connectivity index (χ3n) is 4.30. The van der Waals surface area contributed by atoms with Crippen LogP contribution in [-0.2, 0) is 29.1 Å². The largest absolute Gasteiger partial charge is 0.448 e. The van der Waals surface area contributed by atoms with Gasteiger partial charge in [-0.2, -0.15) is 0 Å². The second kappa shape index (κ2) is 8.98. The molecule has 1 aliphatic heterocycles. The van der Waals surface area contributed by atoms with E-state index >= 15 is 0 Å². The number of carbonyl (C=O) groups is 3. The quantitative estimate of drug-likeness (QED) is 0.564. The minimum atomic E-state index is -3.84. The third-order valence-corrected chi connectivity index (χ3v) is 5.23. The summed E-state index contributed by atoms with van der Waals surface area (Å²) in [6, 6.07) is 13.9. The Morgan fingerprint density at radius 1 is 1.13 bits per heavy atom. The Hall–Kier alpha value is -3.70. The van der Waals surface area contributed by atoms with Crippen molar-refractivity contribution in [1.29, 1.82) is 0 Å². The monoisotopic (exact) mass is 444 g/mol. The molecule has 1 heterocycles. The number of carbonyl (C=O) groups excluding carboxylic acids is 3. The highest BCUT2D eigenvalue weighted by Gasteiger charge is 2.27. The molecule has 4 N–H and O–H groups in total. The molecule has 2 amide bonds. The molecule has 0 fully saturated rings. The molecule has 0 aromatic heterocycles. The van der Waals surface area contributed by atoms with Crippen LogP contribution in [0, 0.1) is 0 Å². The van der Waals surface area contributed by atoms with Crippen LogP contribution in [0.5, 0.6) is 0 Å². The molecule has 0 spiro atoms. The Bertz CT molecular complexity index is 1130. The fourth-order valence-electron chi connectivity index (χ4n) is 2.67. The number of nitrogens with zero attached hydrogens (tertiary/aromatic N) is 1. The Kier molecular flexibility index (Phi) is 6.37. The van der Waals surface area contributed by atoms with Gasteiger partial charge in [-0.05, 0) is 49.4 Å². The van der Waals surface area contributed by atoms with Crippen LogP contribution in [0.15, 0.2) is 71.3 Å². The number of rotatable bonds is 6. The molecule has 0 saturated carbocycles. The van der Waals surface area contributed by atoms with Crippen LogP contribution in [0.3, 0.4) is 0 Å². The lowest BCUT2D eigenvalue weighted by Crippen LogP contribution is -2.47. The number of hydrogen-bond donors (Lipinski definition) is 3. The highest BCUT2D eigenvalue weighted by Crippen LogP contribution is 2.18. The van der Waals surface area contributed by atoms with Gasteiger partial charge in [0.25, 0.3) is 5.91 Å². The number of hydrazine groups is 1. The molecular formula is C20H20N4O6S. The Morgan fingerprint density at radius 2 is 1.77 bits per heavy atom. The smallest absolute Gasteiger partial charge is 0.356 e. The fourth-order valence-corrected chi connectivity index (χ4v) is 3.19. The lowest BCUT2D eigenvalue weighted by Gasteiger charge is -2.28. The Labute approximate surface area is 178 Å². The van der Waals surface area contributed by atoms with Gasteiger partial charge in [-0.1, -0.05) is 18.2 Å². The van der Waals surface area contributed by atoms with Crippen LogP contribution in [-0.4, -0.2) is 32.3 Å². The van der Waals surface area contributed by atoms with E-state index < -0.39 is 28.0 Å². The normalized spacial score (nSPS) is 14.8. The van der Waals surface area contributed by atoms with Gasteiger partial charge in [0, 0.05) is 12.1 Å². The van der Waals surface area contributed by atoms with Gasteiger partial charge < -0.3 is 10.1 Å². The molecule has 31 heavy (non-hydrogen) atoms. The van der Waals surface area contributed by atoms with Crippen LogP contribution < -0.4 is 20.9 Å². The number of esters is 1. The van der Waals surface area contributed by atoms with Crippen molar-refractivity contribution in [3.63, 3.8) is 0 Å². The highest BCUT2D eigenvalue weighted by molar-refractivity contribution is 7.89. The summed E-state index contributed by atoms with van der Waals surface area (Å²) >= 11 is 0. The molecule has 1 aliphatic rings. The molecule has 0 radical (unpaired) electrons. The van der Waals surface area contributed by atoms with E-state index in [2.05, 4.69) is 10.7 Å². The van der Waals surface area contributed by atoms with Crippen molar-refractivity contribution >= 4 is 39.2 Å². The van der Waals surface area contributed by atoms with Crippen molar-refractivity contribution in [2.24, 2.45) is 5.14 Å². The molecule has 0 saturated heterocycles. The van der Waals surface area contributed by atoms with Crippen LogP contribution >= 0.6 is 0 Å². The fraction of sp³-hybridized carbons (Fsp3) is 0.150. The summed E-state index contributed by atoms with van der Waals surface area (Å²) in [6.07, 6.45) is 0.222. The predicted molar refractivity (Wildman–Crippen MR) is 112 cm³/mol. The van der Waals surface area contributed by atoms with Crippen LogP contribution in [0.4, 0.5) is 11.4 Å². The van der Waals surface area contributed by atoms with Gasteiger partial charge >= 0.3 is 5.97 Å². The molecule has 162 valence electrons. The number of benzene rings is 2. The van der Waals surface area contributed by atoms with E-state index in [9.17, 15) is 22.8 Å². The number of para-hydroxylation sites is 1. The molecule has 2 aromatic rings. The minimum absolute atomic E-state index is 0.0106. The second-order valence-electron chi connectivity index (χ2n) is 6.60. The van der Waals surface area contributed by atoms with Crippen molar-refractivity contribution in [1.82, 2.24) is 5.43 Å². The van der Waals surface area contributed by atoms with Crippen LogP contribution in [0.2, 0.25) is 0 Å². The molecule has 1 atom stereocenters. The van der Waals surface area contributed by atoms with Crippen molar-refractivity contribution < 1.29 is 27.5 Å². The first-order chi connectivity index (χ1) is 14.6. The first-order valence-corrected chi connectivity index (χ1v) is 10.7. The average molecular weight is 444 g/mol. The van der Waals surface area contributed by atoms with Gasteiger partial charge in [-0.25, -0.2) is 23.4 Å². The molecule has 0 unspecified atom stereocenters. The lowest BCUT2D eigenvalue weighted by molar-refractivity contribution is -0.149. The number of hydrogen-bond acceptors (Lipinski definition) is 7. The summed E-state index contributed by atoms with van der Waals surface area (Å²) in [5, 5.41) is 8.77. The molecule has 11 heteroatoms. The van der Waals surface area contributed by atoms with E-state index in [0.717, 1.165) is 0 Å². The number of sulfonamides is 1. The van der Waals surface area contributed by atoms with E-state index in [1.807, 2.05) is 0 Å². The van der Waals surface area contributed by atoms with E-state index in [1.165, 1.54) is 42.3 Å². The van der Waals surface area contributed by atoms with Gasteiger partial charge in [0.1, 0.15) is 5.70 Å². The summed E-state index contributed by atoms with van der Waals surface area (Å²) in [4.78, 5) is 36.8. The maximum atomic E-state index is 12.5. The predicted octanol–water partition coefficient (Wildman–Crippen LogP) is 1.03. The van der Waals surface area contributed by atoms with Crippen LogP contribution in [0.25, 0.3) is 0 Å². The Morgan fingerprint density at radius 3 is 2.39 bits per heavy atom. The summed E-state index contributed by atoms with van der Waals surface area (Å²) in [5.41, 5.74) is 3.59. The van der Waals surface area contributed by atoms with Gasteiger partial charge in [-0.15, -0.1) is 0 Å². The first kappa shape index (κ1) is 22.0. The summed E-state index contributed by atoms with van der Waals surface area (Å²) in [7, 11) is -3.84. The van der Waals surface area contributed by atoms with Gasteiger partial charge in [0.2, 0.25) is 15.9 Å². The molecule has 2 aromatic carbocycles. The lowest BCUT2D eigenvalue weighted by atomic mass is 10.2. The van der Waals surface area contributed by atoms with Crippen molar-refractivity contribution in [2.45, 2.75) is 24.3 Å². The van der Waals surface area contributed by atoms with Gasteiger partial charge in [-0.3, -0.25) is 15.0 Å². The van der Waals surface area contributed by atoms with E-state index in [0.29, 0.717) is 11.4 Å². The molecule has 0 aliphatic carbocycles. The Balaban J connectivity index is 1.60. The molecular weight excluding hydrogens is 424 g/mol. The molecule has 10 nitrogen and oxygen atoms in total. The number of anilines is 2. The van der Waals surface area contributed by atoms with Crippen molar-refractivity contribution in [3.05, 3.63) is 66.4 Å². The van der Waals surface area contributed by atoms with E-state index in [4.69, 9.17) is 9.88 Å². The van der Waals surface area contributed by atoms with E-state index in [1.54, 1.807) is 30.3 Å². The third kappa shape index (κ3) is 5.47. The SMILES string of the molecule is C[C@H](OC(=O)C1=CCC(=O)N(c2ccccc2)N1)C(=O)Nc1ccc(S(N)(=O)=O)cc1. The average Bonchev–Trinajstić information content (AvgIpc) is 2.74. The van der Waals surface area contributed by atoms with E-state index in [-0.39, 0.29) is 22.9 Å². The maximum Gasteiger partial charge on any atom is 0.356 e. The minimum Gasteiger partial charge on any atom is -0.448 e. The maximum absolute atomic E-state index is 12.5. The zero-order valence-corrected chi connectivity index (χ0v) is 17.3. The van der Waals surface area contributed by atoms with Crippen molar-refractivity contribution in [3.8, 4) is 0 Å². The van der Waals surface area contributed by atoms with Gasteiger partial charge in [0.15, 0.2) is 6.10 Å². The number of amides is 2. The topological polar surface area (TPSA) is 148 Å². The molecule has 3 rings (SSSR count).